The number of benzene rings is 1. The standard InChI is InChI=1S/C16H19N3O2/c1-11-4-5-13(21-8-2-3-16(18)20)10-14(11)12-6-7-19-15(17)9-12/h4-7,9-10H,2-3,8H2,1H3,(H2,17,19)(H2,18,20). The first-order valence-corrected chi connectivity index (χ1v) is 6.80. The Bertz CT molecular complexity index is 641. The molecule has 2 aromatic rings. The van der Waals surface area contributed by atoms with Gasteiger partial charge >= 0.3 is 0 Å². The van der Waals surface area contributed by atoms with Crippen molar-refractivity contribution in [2.75, 3.05) is 12.3 Å². The molecule has 2 rings (SSSR count). The second kappa shape index (κ2) is 6.74. The normalized spacial score (nSPS) is 10.3. The topological polar surface area (TPSA) is 91.2 Å². The van der Waals surface area contributed by atoms with Crippen molar-refractivity contribution in [3.63, 3.8) is 0 Å². The summed E-state index contributed by atoms with van der Waals surface area (Å²) in [7, 11) is 0. The SMILES string of the molecule is Cc1ccc(OCCCC(N)=O)cc1-c1ccnc(N)c1. The lowest BCUT2D eigenvalue weighted by atomic mass is 10.0. The van der Waals surface area contributed by atoms with Crippen LogP contribution in [0.3, 0.4) is 0 Å². The second-order valence-electron chi connectivity index (χ2n) is 4.86. The molecule has 5 heteroatoms. The number of amides is 1. The van der Waals surface area contributed by atoms with Crippen LogP contribution >= 0.6 is 0 Å². The molecule has 1 amide bonds. The molecule has 0 bridgehead atoms. The van der Waals surface area contributed by atoms with Gasteiger partial charge in [0.25, 0.3) is 0 Å². The molecule has 0 spiro atoms. The van der Waals surface area contributed by atoms with Crippen LogP contribution in [0.2, 0.25) is 0 Å². The summed E-state index contributed by atoms with van der Waals surface area (Å²) in [4.78, 5) is 14.7. The number of nitrogens with zero attached hydrogens (tertiary/aromatic N) is 1. The number of carbonyl (C=O) groups is 1. The lowest BCUT2D eigenvalue weighted by molar-refractivity contribution is -0.118. The maximum absolute atomic E-state index is 10.7. The molecule has 1 heterocycles. The monoisotopic (exact) mass is 285 g/mol. The van der Waals surface area contributed by atoms with Crippen molar-refractivity contribution in [3.05, 3.63) is 42.1 Å². The molecule has 0 aliphatic carbocycles. The van der Waals surface area contributed by atoms with Crippen LogP contribution in [0.25, 0.3) is 11.1 Å². The molecule has 0 unspecified atom stereocenters. The Morgan fingerprint density at radius 1 is 1.29 bits per heavy atom. The van der Waals surface area contributed by atoms with E-state index in [1.54, 1.807) is 6.20 Å². The average molecular weight is 285 g/mol. The van der Waals surface area contributed by atoms with Gasteiger partial charge in [0.05, 0.1) is 6.61 Å². The molecule has 0 fully saturated rings. The lowest BCUT2D eigenvalue weighted by Gasteiger charge is -2.11. The van der Waals surface area contributed by atoms with Gasteiger partial charge in [0.2, 0.25) is 5.91 Å². The minimum atomic E-state index is -0.310. The third kappa shape index (κ3) is 4.21. The highest BCUT2D eigenvalue weighted by Crippen LogP contribution is 2.28. The van der Waals surface area contributed by atoms with Gasteiger partial charge in [0.15, 0.2) is 0 Å². The molecule has 0 aliphatic rings. The number of nitrogen functional groups attached to an aromatic ring is 1. The predicted molar refractivity (Wildman–Crippen MR) is 82.7 cm³/mol. The summed E-state index contributed by atoms with van der Waals surface area (Å²) in [6, 6.07) is 9.62. The van der Waals surface area contributed by atoms with Gasteiger partial charge in [0.1, 0.15) is 11.6 Å². The largest absolute Gasteiger partial charge is 0.494 e. The summed E-state index contributed by atoms with van der Waals surface area (Å²) in [6.45, 7) is 2.49. The van der Waals surface area contributed by atoms with E-state index in [0.717, 1.165) is 22.4 Å². The van der Waals surface area contributed by atoms with Crippen LogP contribution < -0.4 is 16.2 Å². The van der Waals surface area contributed by atoms with Gasteiger partial charge < -0.3 is 16.2 Å². The molecular formula is C16H19N3O2. The number of aryl methyl sites for hydroxylation is 1. The fourth-order valence-electron chi connectivity index (χ4n) is 2.05. The van der Waals surface area contributed by atoms with Gasteiger partial charge in [-0.15, -0.1) is 0 Å². The van der Waals surface area contributed by atoms with E-state index in [2.05, 4.69) is 4.98 Å². The minimum absolute atomic E-state index is 0.310. The highest BCUT2D eigenvalue weighted by Gasteiger charge is 2.05. The molecule has 21 heavy (non-hydrogen) atoms. The number of pyridine rings is 1. The molecule has 0 saturated heterocycles. The Hall–Kier alpha value is -2.56. The molecule has 110 valence electrons. The molecular weight excluding hydrogens is 266 g/mol. The zero-order valence-electron chi connectivity index (χ0n) is 12.0. The van der Waals surface area contributed by atoms with Crippen LogP contribution in [0.5, 0.6) is 5.75 Å². The first-order chi connectivity index (χ1) is 10.1. The quantitative estimate of drug-likeness (QED) is 0.796. The van der Waals surface area contributed by atoms with E-state index < -0.39 is 0 Å². The van der Waals surface area contributed by atoms with E-state index in [1.807, 2.05) is 37.3 Å². The Morgan fingerprint density at radius 3 is 2.81 bits per heavy atom. The van der Waals surface area contributed by atoms with Gasteiger partial charge in [-0.05, 0) is 54.3 Å². The van der Waals surface area contributed by atoms with Crippen molar-refractivity contribution >= 4 is 11.7 Å². The number of nitrogens with two attached hydrogens (primary N) is 2. The second-order valence-corrected chi connectivity index (χ2v) is 4.86. The molecule has 0 atom stereocenters. The highest BCUT2D eigenvalue weighted by molar-refractivity contribution is 5.73. The first kappa shape index (κ1) is 14.8. The maximum Gasteiger partial charge on any atom is 0.217 e. The highest BCUT2D eigenvalue weighted by atomic mass is 16.5. The van der Waals surface area contributed by atoms with Crippen LogP contribution in [0.15, 0.2) is 36.5 Å². The number of rotatable bonds is 6. The zero-order valence-corrected chi connectivity index (χ0v) is 12.0. The summed E-state index contributed by atoms with van der Waals surface area (Å²) in [5.41, 5.74) is 14.0. The number of primary amides is 1. The third-order valence-corrected chi connectivity index (χ3v) is 3.14. The van der Waals surface area contributed by atoms with E-state index in [-0.39, 0.29) is 5.91 Å². The minimum Gasteiger partial charge on any atom is -0.494 e. The Balaban J connectivity index is 2.12. The third-order valence-electron chi connectivity index (χ3n) is 3.14. The lowest BCUT2D eigenvalue weighted by Crippen LogP contribution is -2.11. The van der Waals surface area contributed by atoms with Crippen molar-refractivity contribution in [2.45, 2.75) is 19.8 Å². The summed E-state index contributed by atoms with van der Waals surface area (Å²) in [5.74, 6) is 0.936. The number of aromatic nitrogens is 1. The van der Waals surface area contributed by atoms with Crippen molar-refractivity contribution in [1.82, 2.24) is 4.98 Å². The van der Waals surface area contributed by atoms with Crippen LogP contribution in [-0.2, 0) is 4.79 Å². The molecule has 0 radical (unpaired) electrons. The number of hydrogen-bond donors (Lipinski definition) is 2. The van der Waals surface area contributed by atoms with Crippen molar-refractivity contribution in [2.24, 2.45) is 5.73 Å². The summed E-state index contributed by atoms with van der Waals surface area (Å²) in [6.07, 6.45) is 2.63. The molecule has 5 nitrogen and oxygen atoms in total. The Kier molecular flexibility index (Phi) is 4.77. The molecule has 1 aromatic carbocycles. The van der Waals surface area contributed by atoms with Gasteiger partial charge in [-0.1, -0.05) is 6.07 Å². The van der Waals surface area contributed by atoms with E-state index >= 15 is 0 Å². The van der Waals surface area contributed by atoms with Gasteiger partial charge in [-0.3, -0.25) is 4.79 Å². The van der Waals surface area contributed by atoms with Crippen LogP contribution in [0.1, 0.15) is 18.4 Å². The van der Waals surface area contributed by atoms with Crippen molar-refractivity contribution in [3.8, 4) is 16.9 Å². The summed E-state index contributed by atoms with van der Waals surface area (Å²) < 4.78 is 5.65. The smallest absolute Gasteiger partial charge is 0.217 e. The number of anilines is 1. The van der Waals surface area contributed by atoms with E-state index in [0.29, 0.717) is 25.3 Å². The van der Waals surface area contributed by atoms with Crippen LogP contribution in [0, 0.1) is 6.92 Å². The van der Waals surface area contributed by atoms with E-state index in [4.69, 9.17) is 16.2 Å². The molecule has 0 aliphatic heterocycles. The van der Waals surface area contributed by atoms with E-state index in [1.165, 1.54) is 0 Å². The van der Waals surface area contributed by atoms with Crippen molar-refractivity contribution in [1.29, 1.82) is 0 Å². The number of carbonyl (C=O) groups excluding carboxylic acids is 1. The number of ether oxygens (including phenoxy) is 1. The maximum atomic E-state index is 10.7. The van der Waals surface area contributed by atoms with Gasteiger partial charge in [-0.25, -0.2) is 4.98 Å². The first-order valence-electron chi connectivity index (χ1n) is 6.80. The van der Waals surface area contributed by atoms with Gasteiger partial charge in [0, 0.05) is 12.6 Å². The molecule has 4 N–H and O–H groups in total. The predicted octanol–water partition coefficient (Wildman–Crippen LogP) is 2.28. The fourth-order valence-corrected chi connectivity index (χ4v) is 2.05. The van der Waals surface area contributed by atoms with Crippen molar-refractivity contribution < 1.29 is 9.53 Å². The fraction of sp³-hybridized carbons (Fsp3) is 0.250. The average Bonchev–Trinajstić information content (AvgIpc) is 2.45. The molecule has 0 saturated carbocycles. The van der Waals surface area contributed by atoms with Crippen LogP contribution in [-0.4, -0.2) is 17.5 Å². The van der Waals surface area contributed by atoms with Crippen LogP contribution in [0.4, 0.5) is 5.82 Å². The van der Waals surface area contributed by atoms with E-state index in [9.17, 15) is 4.79 Å². The Labute approximate surface area is 123 Å². The summed E-state index contributed by atoms with van der Waals surface area (Å²) in [5, 5.41) is 0. The Morgan fingerprint density at radius 2 is 2.10 bits per heavy atom. The molecule has 1 aromatic heterocycles. The zero-order chi connectivity index (χ0) is 15.2. The summed E-state index contributed by atoms with van der Waals surface area (Å²) >= 11 is 0. The van der Waals surface area contributed by atoms with Gasteiger partial charge in [-0.2, -0.15) is 0 Å². The number of hydrogen-bond acceptors (Lipinski definition) is 4.